The van der Waals surface area contributed by atoms with Crippen molar-refractivity contribution < 1.29 is 4.79 Å². The second-order valence-corrected chi connectivity index (χ2v) is 7.11. The zero-order valence-corrected chi connectivity index (χ0v) is 14.7. The molecule has 1 amide bonds. The van der Waals surface area contributed by atoms with Crippen LogP contribution in [0.15, 0.2) is 30.5 Å². The van der Waals surface area contributed by atoms with E-state index in [0.29, 0.717) is 6.42 Å². The molecule has 0 unspecified atom stereocenters. The normalized spacial score (nSPS) is 19.7. The number of amides is 1. The van der Waals surface area contributed by atoms with Crippen LogP contribution < -0.4 is 5.32 Å². The predicted octanol–water partition coefficient (Wildman–Crippen LogP) is 1.99. The fraction of sp³-hybridized carbons (Fsp3) is 0.450. The molecule has 5 heteroatoms. The lowest BCUT2D eigenvalue weighted by atomic mass is 10.1. The van der Waals surface area contributed by atoms with Crippen LogP contribution in [0.3, 0.4) is 0 Å². The highest BCUT2D eigenvalue weighted by atomic mass is 16.2. The first-order valence-electron chi connectivity index (χ1n) is 9.08. The first-order chi connectivity index (χ1) is 12.2. The van der Waals surface area contributed by atoms with Gasteiger partial charge >= 0.3 is 0 Å². The third kappa shape index (κ3) is 3.56. The standard InChI is InChI=1S/C20H24N4O/c1-14-2-4-15(5-3-14)10-19(25)24-9-7-16(13-24)20-22-12-17-11-21-8-6-18(17)23-20/h2-5,12,16,21H,6-11,13H2,1H3/t16-/m0/s1. The van der Waals surface area contributed by atoms with Crippen LogP contribution in [0.5, 0.6) is 0 Å². The van der Waals surface area contributed by atoms with E-state index in [0.717, 1.165) is 50.4 Å². The van der Waals surface area contributed by atoms with Crippen molar-refractivity contribution in [2.24, 2.45) is 0 Å². The molecule has 5 nitrogen and oxygen atoms in total. The maximum absolute atomic E-state index is 12.6. The highest BCUT2D eigenvalue weighted by molar-refractivity contribution is 5.79. The number of carbonyl (C=O) groups excluding carboxylic acids is 1. The molecule has 2 aromatic rings. The lowest BCUT2D eigenvalue weighted by Gasteiger charge is -2.19. The Morgan fingerprint density at radius 2 is 2.16 bits per heavy atom. The SMILES string of the molecule is Cc1ccc(CC(=O)N2CC[C@H](c3ncc4c(n3)CCNC4)C2)cc1. The summed E-state index contributed by atoms with van der Waals surface area (Å²) in [5, 5.41) is 3.35. The molecule has 2 aliphatic heterocycles. The van der Waals surface area contributed by atoms with Crippen molar-refractivity contribution in [2.75, 3.05) is 19.6 Å². The quantitative estimate of drug-likeness (QED) is 0.931. The Kier molecular flexibility index (Phi) is 4.49. The van der Waals surface area contributed by atoms with E-state index in [-0.39, 0.29) is 11.8 Å². The molecular formula is C20H24N4O. The first kappa shape index (κ1) is 16.2. The summed E-state index contributed by atoms with van der Waals surface area (Å²) in [6.45, 7) is 5.45. The van der Waals surface area contributed by atoms with Gasteiger partial charge in [-0.2, -0.15) is 0 Å². The van der Waals surface area contributed by atoms with Gasteiger partial charge in [-0.15, -0.1) is 0 Å². The van der Waals surface area contributed by atoms with Crippen molar-refractivity contribution in [1.29, 1.82) is 0 Å². The van der Waals surface area contributed by atoms with Crippen molar-refractivity contribution in [2.45, 2.75) is 38.6 Å². The monoisotopic (exact) mass is 336 g/mol. The first-order valence-corrected chi connectivity index (χ1v) is 9.08. The van der Waals surface area contributed by atoms with Crippen molar-refractivity contribution in [1.82, 2.24) is 20.2 Å². The summed E-state index contributed by atoms with van der Waals surface area (Å²) in [5.41, 5.74) is 4.68. The molecule has 1 fully saturated rings. The summed E-state index contributed by atoms with van der Waals surface area (Å²) in [6, 6.07) is 8.21. The topological polar surface area (TPSA) is 58.1 Å². The number of benzene rings is 1. The minimum absolute atomic E-state index is 0.202. The van der Waals surface area contributed by atoms with Gasteiger partial charge in [0, 0.05) is 56.0 Å². The second kappa shape index (κ2) is 6.92. The zero-order chi connectivity index (χ0) is 17.2. The van der Waals surface area contributed by atoms with E-state index in [1.165, 1.54) is 16.8 Å². The molecule has 0 saturated carbocycles. The molecule has 1 N–H and O–H groups in total. The molecule has 0 spiro atoms. The molecule has 3 heterocycles. The summed E-state index contributed by atoms with van der Waals surface area (Å²) in [4.78, 5) is 23.9. The van der Waals surface area contributed by atoms with Crippen LogP contribution in [0.4, 0.5) is 0 Å². The fourth-order valence-electron chi connectivity index (χ4n) is 3.64. The molecule has 130 valence electrons. The van der Waals surface area contributed by atoms with E-state index in [1.54, 1.807) is 0 Å². The van der Waals surface area contributed by atoms with E-state index in [4.69, 9.17) is 4.98 Å². The van der Waals surface area contributed by atoms with Crippen LogP contribution in [0.1, 0.15) is 40.5 Å². The number of carbonyl (C=O) groups is 1. The Morgan fingerprint density at radius 1 is 1.32 bits per heavy atom. The van der Waals surface area contributed by atoms with E-state index in [9.17, 15) is 4.79 Å². The van der Waals surface area contributed by atoms with Gasteiger partial charge in [-0.25, -0.2) is 9.97 Å². The van der Waals surface area contributed by atoms with E-state index in [2.05, 4.69) is 29.4 Å². The molecule has 0 radical (unpaired) electrons. The molecule has 1 saturated heterocycles. The summed E-state index contributed by atoms with van der Waals surface area (Å²) in [6.07, 6.45) is 4.36. The Labute approximate surface area is 148 Å². The summed E-state index contributed by atoms with van der Waals surface area (Å²) < 4.78 is 0. The molecule has 1 aromatic heterocycles. The lowest BCUT2D eigenvalue weighted by molar-refractivity contribution is -0.129. The van der Waals surface area contributed by atoms with Gasteiger partial charge in [0.15, 0.2) is 0 Å². The number of nitrogens with zero attached hydrogens (tertiary/aromatic N) is 3. The van der Waals surface area contributed by atoms with Gasteiger partial charge in [-0.1, -0.05) is 29.8 Å². The Hall–Kier alpha value is -2.27. The van der Waals surface area contributed by atoms with E-state index >= 15 is 0 Å². The minimum Gasteiger partial charge on any atom is -0.342 e. The zero-order valence-electron chi connectivity index (χ0n) is 14.7. The van der Waals surface area contributed by atoms with Crippen molar-refractivity contribution >= 4 is 5.91 Å². The number of aromatic nitrogens is 2. The summed E-state index contributed by atoms with van der Waals surface area (Å²) >= 11 is 0. The fourth-order valence-corrected chi connectivity index (χ4v) is 3.64. The van der Waals surface area contributed by atoms with Gasteiger partial charge in [0.25, 0.3) is 0 Å². The van der Waals surface area contributed by atoms with Gasteiger partial charge in [-0.3, -0.25) is 4.79 Å². The van der Waals surface area contributed by atoms with Crippen LogP contribution >= 0.6 is 0 Å². The molecule has 0 aliphatic carbocycles. The minimum atomic E-state index is 0.202. The van der Waals surface area contributed by atoms with Gasteiger partial charge in [-0.05, 0) is 18.9 Å². The smallest absolute Gasteiger partial charge is 0.227 e. The van der Waals surface area contributed by atoms with Crippen molar-refractivity contribution in [3.63, 3.8) is 0 Å². The molecule has 1 aromatic carbocycles. The molecule has 4 rings (SSSR count). The third-order valence-corrected chi connectivity index (χ3v) is 5.21. The number of aryl methyl sites for hydroxylation is 1. The Balaban J connectivity index is 1.40. The van der Waals surface area contributed by atoms with Gasteiger partial charge < -0.3 is 10.2 Å². The maximum Gasteiger partial charge on any atom is 0.227 e. The largest absolute Gasteiger partial charge is 0.342 e. The average Bonchev–Trinajstić information content (AvgIpc) is 3.13. The van der Waals surface area contributed by atoms with Crippen LogP contribution in [0.25, 0.3) is 0 Å². The molecule has 0 bridgehead atoms. The molecule has 1 atom stereocenters. The van der Waals surface area contributed by atoms with Gasteiger partial charge in [0.1, 0.15) is 5.82 Å². The number of likely N-dealkylation sites (tertiary alicyclic amines) is 1. The molecular weight excluding hydrogens is 312 g/mol. The maximum atomic E-state index is 12.6. The number of rotatable bonds is 3. The number of hydrogen-bond acceptors (Lipinski definition) is 4. The van der Waals surface area contributed by atoms with E-state index in [1.807, 2.05) is 23.2 Å². The van der Waals surface area contributed by atoms with Crippen molar-refractivity contribution in [3.05, 3.63) is 58.7 Å². The van der Waals surface area contributed by atoms with Crippen molar-refractivity contribution in [3.8, 4) is 0 Å². The second-order valence-electron chi connectivity index (χ2n) is 7.11. The Morgan fingerprint density at radius 3 is 3.00 bits per heavy atom. The predicted molar refractivity (Wildman–Crippen MR) is 96.3 cm³/mol. The Bertz CT molecular complexity index is 772. The van der Waals surface area contributed by atoms with Crippen LogP contribution in [0.2, 0.25) is 0 Å². The number of fused-ring (bicyclic) bond motifs is 1. The highest BCUT2D eigenvalue weighted by Crippen LogP contribution is 2.26. The van der Waals surface area contributed by atoms with Gasteiger partial charge in [0.2, 0.25) is 5.91 Å². The third-order valence-electron chi connectivity index (χ3n) is 5.21. The van der Waals surface area contributed by atoms with E-state index < -0.39 is 0 Å². The lowest BCUT2D eigenvalue weighted by Crippen LogP contribution is -2.30. The van der Waals surface area contributed by atoms with Crippen LogP contribution in [0, 0.1) is 6.92 Å². The average molecular weight is 336 g/mol. The van der Waals surface area contributed by atoms with Crippen LogP contribution in [-0.4, -0.2) is 40.4 Å². The number of nitrogens with one attached hydrogen (secondary N) is 1. The van der Waals surface area contributed by atoms with Gasteiger partial charge in [0.05, 0.1) is 6.42 Å². The molecule has 25 heavy (non-hydrogen) atoms. The summed E-state index contributed by atoms with van der Waals surface area (Å²) in [5.74, 6) is 1.38. The number of hydrogen-bond donors (Lipinski definition) is 1. The van der Waals surface area contributed by atoms with Crippen LogP contribution in [-0.2, 0) is 24.2 Å². The highest BCUT2D eigenvalue weighted by Gasteiger charge is 2.29. The summed E-state index contributed by atoms with van der Waals surface area (Å²) in [7, 11) is 0. The molecule has 2 aliphatic rings.